The standard InChI is InChI=1S/C39H54N2O20/c1-20(42)51-17-28(40-38(50)61-39(8,9)10)32(56-24(5)46)33(29(55-23(4)45)18-52-21(2)43)60-36-31(41-37(49)54-16-27-14-12-11-13-15-27)35(58-26(7)48)34(57-25(6)47)30(59-36)19-53-22(3)44/h11-15,28-36H,16-19H2,1-10H3,(H,40,50)(H,41,49)/t28?,29?,30?,31?,32-,33-,34-,35-,36+/m1/s1. The fourth-order valence-corrected chi connectivity index (χ4v) is 5.67. The quantitative estimate of drug-likeness (QED) is 0.148. The van der Waals surface area contributed by atoms with Crippen LogP contribution in [-0.2, 0) is 92.3 Å². The van der Waals surface area contributed by atoms with E-state index in [1.165, 1.54) is 0 Å². The summed E-state index contributed by atoms with van der Waals surface area (Å²) in [6.07, 6.45) is -14.8. The van der Waals surface area contributed by atoms with Gasteiger partial charge < -0.3 is 62.7 Å². The van der Waals surface area contributed by atoms with E-state index in [-0.39, 0.29) is 6.61 Å². The molecule has 1 aliphatic heterocycles. The lowest BCUT2D eigenvalue weighted by atomic mass is 9.95. The van der Waals surface area contributed by atoms with Gasteiger partial charge in [0.2, 0.25) is 0 Å². The Balaban J connectivity index is 2.94. The predicted molar refractivity (Wildman–Crippen MR) is 202 cm³/mol. The molecule has 1 saturated heterocycles. The molecule has 22 nitrogen and oxygen atoms in total. The molecule has 0 spiro atoms. The molecule has 1 heterocycles. The van der Waals surface area contributed by atoms with Gasteiger partial charge in [0.25, 0.3) is 0 Å². The Labute approximate surface area is 351 Å². The van der Waals surface area contributed by atoms with Crippen molar-refractivity contribution < 1.29 is 95.3 Å². The van der Waals surface area contributed by atoms with Crippen molar-refractivity contribution >= 4 is 54.0 Å². The van der Waals surface area contributed by atoms with Crippen LogP contribution >= 0.6 is 0 Å². The van der Waals surface area contributed by atoms with Crippen LogP contribution in [-0.4, -0.2) is 134 Å². The number of esters is 7. The van der Waals surface area contributed by atoms with Gasteiger partial charge in [-0.2, -0.15) is 0 Å². The van der Waals surface area contributed by atoms with Crippen molar-refractivity contribution in [3.8, 4) is 0 Å². The van der Waals surface area contributed by atoms with E-state index >= 15 is 0 Å². The first-order chi connectivity index (χ1) is 28.4. The van der Waals surface area contributed by atoms with Gasteiger partial charge in [-0.25, -0.2) is 9.59 Å². The number of ether oxygens (including phenoxy) is 11. The predicted octanol–water partition coefficient (Wildman–Crippen LogP) is 1.70. The minimum absolute atomic E-state index is 0.269. The highest BCUT2D eigenvalue weighted by atomic mass is 16.7. The molecule has 1 aromatic rings. The van der Waals surface area contributed by atoms with Crippen LogP contribution in [0.1, 0.15) is 74.8 Å². The highest BCUT2D eigenvalue weighted by Crippen LogP contribution is 2.31. The number of carbonyl (C=O) groups is 9. The van der Waals surface area contributed by atoms with Gasteiger partial charge in [0, 0.05) is 48.5 Å². The first-order valence-electron chi connectivity index (χ1n) is 18.8. The largest absolute Gasteiger partial charge is 0.464 e. The number of alkyl carbamates (subject to hydrolysis) is 2. The van der Waals surface area contributed by atoms with Crippen molar-refractivity contribution in [1.82, 2.24) is 10.6 Å². The summed E-state index contributed by atoms with van der Waals surface area (Å²) in [5.74, 6) is -6.46. The summed E-state index contributed by atoms with van der Waals surface area (Å²) in [4.78, 5) is 114. The fourth-order valence-electron chi connectivity index (χ4n) is 5.67. The molecule has 2 amide bonds. The van der Waals surface area contributed by atoms with Crippen LogP contribution in [0.15, 0.2) is 30.3 Å². The lowest BCUT2D eigenvalue weighted by Crippen LogP contribution is -2.68. The van der Waals surface area contributed by atoms with E-state index in [0.717, 1.165) is 48.5 Å². The van der Waals surface area contributed by atoms with Crippen molar-refractivity contribution in [3.63, 3.8) is 0 Å². The summed E-state index contributed by atoms with van der Waals surface area (Å²) in [5.41, 5.74) is -0.514. The monoisotopic (exact) mass is 870 g/mol. The zero-order valence-electron chi connectivity index (χ0n) is 35.6. The van der Waals surface area contributed by atoms with Crippen molar-refractivity contribution in [2.75, 3.05) is 19.8 Å². The molecule has 61 heavy (non-hydrogen) atoms. The van der Waals surface area contributed by atoms with Gasteiger partial charge in [-0.1, -0.05) is 30.3 Å². The maximum atomic E-state index is 13.5. The first-order valence-corrected chi connectivity index (χ1v) is 18.8. The van der Waals surface area contributed by atoms with Crippen LogP contribution in [0, 0.1) is 0 Å². The first kappa shape index (κ1) is 51.1. The molecule has 2 rings (SSSR count). The molecule has 4 unspecified atom stereocenters. The number of amides is 2. The third-order valence-corrected chi connectivity index (χ3v) is 7.82. The summed E-state index contributed by atoms with van der Waals surface area (Å²) >= 11 is 0. The third kappa shape index (κ3) is 19.3. The minimum atomic E-state index is -1.99. The summed E-state index contributed by atoms with van der Waals surface area (Å²) in [6.45, 7) is 9.24. The molecule has 0 aromatic heterocycles. The van der Waals surface area contributed by atoms with E-state index < -0.39 is 134 Å². The molecule has 22 heteroatoms. The molecule has 1 aromatic carbocycles. The number of benzene rings is 1. The Bertz CT molecular complexity index is 1700. The maximum absolute atomic E-state index is 13.5. The zero-order valence-corrected chi connectivity index (χ0v) is 35.6. The van der Waals surface area contributed by atoms with E-state index in [4.69, 9.17) is 52.1 Å². The van der Waals surface area contributed by atoms with Gasteiger partial charge in [-0.3, -0.25) is 33.6 Å². The van der Waals surface area contributed by atoms with Gasteiger partial charge in [0.1, 0.15) is 56.3 Å². The van der Waals surface area contributed by atoms with Gasteiger partial charge in [-0.05, 0) is 26.3 Å². The zero-order chi connectivity index (χ0) is 46.0. The van der Waals surface area contributed by atoms with Crippen molar-refractivity contribution in [2.24, 2.45) is 0 Å². The summed E-state index contributed by atoms with van der Waals surface area (Å²) in [7, 11) is 0. The molecular weight excluding hydrogens is 816 g/mol. The lowest BCUT2D eigenvalue weighted by molar-refractivity contribution is -0.304. The molecule has 9 atom stereocenters. The van der Waals surface area contributed by atoms with Crippen LogP contribution < -0.4 is 10.6 Å². The number of rotatable bonds is 19. The highest BCUT2D eigenvalue weighted by Gasteiger charge is 2.54. The minimum Gasteiger partial charge on any atom is -0.464 e. The fraction of sp³-hybridized carbons (Fsp3) is 0.615. The Kier molecular flexibility index (Phi) is 20.3. The van der Waals surface area contributed by atoms with Gasteiger partial charge in [0.15, 0.2) is 30.7 Å². The Morgan fingerprint density at radius 3 is 1.72 bits per heavy atom. The molecule has 1 fully saturated rings. The molecule has 0 aliphatic carbocycles. The third-order valence-electron chi connectivity index (χ3n) is 7.82. The SMILES string of the molecule is CC(=O)OCC(NC(=O)OC(C)(C)C)[C@@H](OC(C)=O)[C@H](O[C@@H]1OC(COC(C)=O)[C@@H](OC(C)=O)[C@H](OC(C)=O)C1NC(=O)OCc1ccccc1)C(COC(C)=O)OC(C)=O. The van der Waals surface area contributed by atoms with Crippen LogP contribution in [0.5, 0.6) is 0 Å². The Hall–Kier alpha value is -6.03. The molecule has 0 bridgehead atoms. The highest BCUT2D eigenvalue weighted by molar-refractivity contribution is 5.71. The molecule has 0 radical (unpaired) electrons. The average Bonchev–Trinajstić information content (AvgIpc) is 3.12. The summed E-state index contributed by atoms with van der Waals surface area (Å²) < 4.78 is 61.4. The van der Waals surface area contributed by atoms with E-state index in [1.54, 1.807) is 51.1 Å². The van der Waals surface area contributed by atoms with Crippen LogP contribution in [0.2, 0.25) is 0 Å². The molecular formula is C39H54N2O20. The van der Waals surface area contributed by atoms with Crippen molar-refractivity contribution in [2.45, 2.75) is 136 Å². The van der Waals surface area contributed by atoms with E-state index in [2.05, 4.69) is 10.6 Å². The Morgan fingerprint density at radius 2 is 1.20 bits per heavy atom. The van der Waals surface area contributed by atoms with Crippen LogP contribution in [0.4, 0.5) is 9.59 Å². The second-order valence-corrected chi connectivity index (χ2v) is 14.4. The molecule has 340 valence electrons. The van der Waals surface area contributed by atoms with E-state index in [9.17, 15) is 43.2 Å². The van der Waals surface area contributed by atoms with E-state index in [1.807, 2.05) is 0 Å². The van der Waals surface area contributed by atoms with Gasteiger partial charge >= 0.3 is 54.0 Å². The second-order valence-electron chi connectivity index (χ2n) is 14.4. The maximum Gasteiger partial charge on any atom is 0.408 e. The number of hydrogen-bond acceptors (Lipinski definition) is 20. The molecule has 2 N–H and O–H groups in total. The van der Waals surface area contributed by atoms with Crippen LogP contribution in [0.3, 0.4) is 0 Å². The number of carbonyl (C=O) groups excluding carboxylic acids is 9. The normalized spacial score (nSPS) is 20.4. The Morgan fingerprint density at radius 1 is 0.639 bits per heavy atom. The van der Waals surface area contributed by atoms with Crippen LogP contribution in [0.25, 0.3) is 0 Å². The van der Waals surface area contributed by atoms with Crippen molar-refractivity contribution in [3.05, 3.63) is 35.9 Å². The number of hydrogen-bond donors (Lipinski definition) is 2. The summed E-state index contributed by atoms with van der Waals surface area (Å²) in [5, 5.41) is 4.93. The van der Waals surface area contributed by atoms with Gasteiger partial charge in [0.05, 0.1) is 0 Å². The van der Waals surface area contributed by atoms with Gasteiger partial charge in [-0.15, -0.1) is 0 Å². The number of nitrogens with one attached hydrogen (secondary N) is 2. The molecule has 0 saturated carbocycles. The topological polar surface area (TPSA) is 279 Å². The van der Waals surface area contributed by atoms with Crippen molar-refractivity contribution in [1.29, 1.82) is 0 Å². The lowest BCUT2D eigenvalue weighted by Gasteiger charge is -2.47. The van der Waals surface area contributed by atoms with E-state index in [0.29, 0.717) is 5.56 Å². The average molecular weight is 871 g/mol. The smallest absolute Gasteiger partial charge is 0.408 e. The summed E-state index contributed by atoms with van der Waals surface area (Å²) in [6, 6.07) is 5.07. The second kappa shape index (κ2) is 24.3. The molecule has 1 aliphatic rings.